The van der Waals surface area contributed by atoms with Crippen LogP contribution in [0.2, 0.25) is 0 Å². The molecule has 1 aromatic carbocycles. The molecule has 0 saturated heterocycles. The Labute approximate surface area is 137 Å². The molecule has 3 rings (SSSR count). The molecule has 0 amide bonds. The lowest BCUT2D eigenvalue weighted by atomic mass is 10.1. The van der Waals surface area contributed by atoms with Gasteiger partial charge in [-0.25, -0.2) is 9.18 Å². The van der Waals surface area contributed by atoms with E-state index in [1.807, 2.05) is 19.1 Å². The molecule has 7 heteroatoms. The third-order valence-electron chi connectivity index (χ3n) is 3.42. The van der Waals surface area contributed by atoms with Crippen molar-refractivity contribution in [1.29, 1.82) is 0 Å². The molecule has 0 unspecified atom stereocenters. The van der Waals surface area contributed by atoms with Gasteiger partial charge in [-0.05, 0) is 43.3 Å². The van der Waals surface area contributed by atoms with Gasteiger partial charge in [-0.3, -0.25) is 0 Å². The number of aromatic nitrogens is 1. The Kier molecular flexibility index (Phi) is 4.33. The minimum Gasteiger partial charge on any atom is -0.465 e. The number of nitrogens with one attached hydrogen (secondary N) is 1. The maximum absolute atomic E-state index is 13.1. The SMILES string of the molecule is COC(=O)c1c(-c2ccc(F)cc2)noc1NCc1ccc(C)o1. The van der Waals surface area contributed by atoms with Gasteiger partial charge in [-0.1, -0.05) is 5.16 Å². The molecule has 0 fully saturated rings. The van der Waals surface area contributed by atoms with Crippen LogP contribution < -0.4 is 5.32 Å². The van der Waals surface area contributed by atoms with Gasteiger partial charge in [0.15, 0.2) is 5.56 Å². The van der Waals surface area contributed by atoms with Crippen LogP contribution in [0.25, 0.3) is 11.3 Å². The molecule has 0 bridgehead atoms. The van der Waals surface area contributed by atoms with Crippen molar-refractivity contribution in [2.24, 2.45) is 0 Å². The fraction of sp³-hybridized carbons (Fsp3) is 0.176. The summed E-state index contributed by atoms with van der Waals surface area (Å²) < 4.78 is 28.6. The normalized spacial score (nSPS) is 10.6. The number of carbonyl (C=O) groups is 1. The number of ether oxygens (including phenoxy) is 1. The van der Waals surface area contributed by atoms with Gasteiger partial charge in [0, 0.05) is 5.56 Å². The van der Waals surface area contributed by atoms with E-state index >= 15 is 0 Å². The van der Waals surface area contributed by atoms with Crippen LogP contribution in [0, 0.1) is 12.7 Å². The number of hydrogen-bond acceptors (Lipinski definition) is 6. The Bertz CT molecular complexity index is 852. The van der Waals surface area contributed by atoms with E-state index in [2.05, 4.69) is 10.5 Å². The lowest BCUT2D eigenvalue weighted by molar-refractivity contribution is 0.0602. The minimum absolute atomic E-state index is 0.146. The molecule has 6 nitrogen and oxygen atoms in total. The van der Waals surface area contributed by atoms with Crippen LogP contribution in [0.4, 0.5) is 10.3 Å². The average molecular weight is 330 g/mol. The van der Waals surface area contributed by atoms with Gasteiger partial charge in [-0.2, -0.15) is 0 Å². The number of carbonyl (C=O) groups excluding carboxylic acids is 1. The Morgan fingerprint density at radius 1 is 1.25 bits per heavy atom. The van der Waals surface area contributed by atoms with Crippen molar-refractivity contribution in [1.82, 2.24) is 5.16 Å². The minimum atomic E-state index is -0.603. The van der Waals surface area contributed by atoms with Crippen LogP contribution in [0.15, 0.2) is 45.3 Å². The number of anilines is 1. The molecule has 0 aliphatic carbocycles. The zero-order valence-corrected chi connectivity index (χ0v) is 13.1. The first kappa shape index (κ1) is 15.8. The van der Waals surface area contributed by atoms with Crippen LogP contribution in [-0.2, 0) is 11.3 Å². The van der Waals surface area contributed by atoms with Crippen LogP contribution in [-0.4, -0.2) is 18.2 Å². The average Bonchev–Trinajstić information content (AvgIpc) is 3.19. The smallest absolute Gasteiger partial charge is 0.345 e. The molecule has 2 aromatic heterocycles. The highest BCUT2D eigenvalue weighted by Crippen LogP contribution is 2.30. The second-order valence-corrected chi connectivity index (χ2v) is 5.10. The maximum atomic E-state index is 13.1. The summed E-state index contributed by atoms with van der Waals surface area (Å²) in [5, 5.41) is 6.87. The molecule has 1 N–H and O–H groups in total. The van der Waals surface area contributed by atoms with Crippen LogP contribution in [0.3, 0.4) is 0 Å². The van der Waals surface area contributed by atoms with E-state index in [-0.39, 0.29) is 23.0 Å². The summed E-state index contributed by atoms with van der Waals surface area (Å²) in [6.07, 6.45) is 0. The van der Waals surface area contributed by atoms with Gasteiger partial charge < -0.3 is 19.0 Å². The van der Waals surface area contributed by atoms with Crippen molar-refractivity contribution in [3.05, 3.63) is 59.3 Å². The van der Waals surface area contributed by atoms with Gasteiger partial charge in [0.1, 0.15) is 23.0 Å². The molecule has 0 saturated carbocycles. The van der Waals surface area contributed by atoms with Gasteiger partial charge >= 0.3 is 5.97 Å². The van der Waals surface area contributed by atoms with Crippen molar-refractivity contribution in [2.45, 2.75) is 13.5 Å². The molecule has 0 radical (unpaired) electrons. The standard InChI is InChI=1S/C17H15FN2O4/c1-10-3-8-13(23-10)9-19-16-14(17(21)22-2)15(20-24-16)11-4-6-12(18)7-5-11/h3-8,19H,9H2,1-2H3. The van der Waals surface area contributed by atoms with Crippen molar-refractivity contribution < 1.29 is 22.9 Å². The second kappa shape index (κ2) is 6.57. The van der Waals surface area contributed by atoms with Gasteiger partial charge in [0.2, 0.25) is 5.88 Å². The van der Waals surface area contributed by atoms with Gasteiger partial charge in [-0.15, -0.1) is 0 Å². The first-order valence-electron chi connectivity index (χ1n) is 7.21. The van der Waals surface area contributed by atoms with Crippen molar-refractivity contribution >= 4 is 11.9 Å². The summed E-state index contributed by atoms with van der Waals surface area (Å²) in [7, 11) is 1.27. The quantitative estimate of drug-likeness (QED) is 0.717. The van der Waals surface area contributed by atoms with Crippen LogP contribution in [0.1, 0.15) is 21.9 Å². The lowest BCUT2D eigenvalue weighted by Gasteiger charge is -2.04. The van der Waals surface area contributed by atoms with E-state index in [0.29, 0.717) is 17.9 Å². The fourth-order valence-electron chi connectivity index (χ4n) is 2.25. The molecular formula is C17H15FN2O4. The highest BCUT2D eigenvalue weighted by atomic mass is 19.1. The summed E-state index contributed by atoms with van der Waals surface area (Å²) in [6, 6.07) is 9.24. The number of furan rings is 1. The summed E-state index contributed by atoms with van der Waals surface area (Å²) in [4.78, 5) is 12.1. The summed E-state index contributed by atoms with van der Waals surface area (Å²) in [5.41, 5.74) is 0.967. The summed E-state index contributed by atoms with van der Waals surface area (Å²) >= 11 is 0. The predicted octanol–water partition coefficient (Wildman–Crippen LogP) is 3.78. The van der Waals surface area contributed by atoms with Crippen molar-refractivity contribution in [2.75, 3.05) is 12.4 Å². The Balaban J connectivity index is 1.91. The number of benzene rings is 1. The van der Waals surface area contributed by atoms with Crippen molar-refractivity contribution in [3.8, 4) is 11.3 Å². The van der Waals surface area contributed by atoms with Crippen LogP contribution in [0.5, 0.6) is 0 Å². The number of rotatable bonds is 5. The van der Waals surface area contributed by atoms with E-state index < -0.39 is 5.97 Å². The zero-order valence-electron chi connectivity index (χ0n) is 13.1. The first-order valence-corrected chi connectivity index (χ1v) is 7.21. The molecule has 24 heavy (non-hydrogen) atoms. The highest BCUT2D eigenvalue weighted by molar-refractivity contribution is 6.00. The number of aryl methyl sites for hydroxylation is 1. The maximum Gasteiger partial charge on any atom is 0.345 e. The molecule has 2 heterocycles. The lowest BCUT2D eigenvalue weighted by Crippen LogP contribution is -2.07. The monoisotopic (exact) mass is 330 g/mol. The number of hydrogen-bond donors (Lipinski definition) is 1. The van der Waals surface area contributed by atoms with Gasteiger partial charge in [0.05, 0.1) is 13.7 Å². The Morgan fingerprint density at radius 3 is 2.62 bits per heavy atom. The third-order valence-corrected chi connectivity index (χ3v) is 3.42. The molecule has 0 atom stereocenters. The Morgan fingerprint density at radius 2 is 2.00 bits per heavy atom. The molecule has 0 aliphatic rings. The molecule has 3 aromatic rings. The molecule has 0 spiro atoms. The summed E-state index contributed by atoms with van der Waals surface area (Å²) in [6.45, 7) is 2.15. The molecular weight excluding hydrogens is 315 g/mol. The van der Waals surface area contributed by atoms with Crippen molar-refractivity contribution in [3.63, 3.8) is 0 Å². The highest BCUT2D eigenvalue weighted by Gasteiger charge is 2.25. The summed E-state index contributed by atoms with van der Waals surface area (Å²) in [5.74, 6) is 0.643. The Hall–Kier alpha value is -3.09. The van der Waals surface area contributed by atoms with E-state index in [4.69, 9.17) is 13.7 Å². The molecule has 0 aliphatic heterocycles. The fourth-order valence-corrected chi connectivity index (χ4v) is 2.25. The zero-order chi connectivity index (χ0) is 17.1. The number of esters is 1. The van der Waals surface area contributed by atoms with Gasteiger partial charge in [0.25, 0.3) is 0 Å². The predicted molar refractivity (Wildman–Crippen MR) is 84.0 cm³/mol. The van der Waals surface area contributed by atoms with E-state index in [1.54, 1.807) is 0 Å². The third kappa shape index (κ3) is 3.15. The van der Waals surface area contributed by atoms with Crippen LogP contribution >= 0.6 is 0 Å². The number of nitrogens with zero attached hydrogens (tertiary/aromatic N) is 1. The van der Waals surface area contributed by atoms with E-state index in [9.17, 15) is 9.18 Å². The topological polar surface area (TPSA) is 77.5 Å². The number of halogens is 1. The first-order chi connectivity index (χ1) is 11.6. The largest absolute Gasteiger partial charge is 0.465 e. The van der Waals surface area contributed by atoms with E-state index in [0.717, 1.165) is 5.76 Å². The molecule has 124 valence electrons. The second-order valence-electron chi connectivity index (χ2n) is 5.10. The van der Waals surface area contributed by atoms with E-state index in [1.165, 1.54) is 31.4 Å². The number of methoxy groups -OCH3 is 1.